The average molecular weight is 489 g/mol. The molecule has 1 unspecified atom stereocenters. The van der Waals surface area contributed by atoms with Crippen LogP contribution in [0.1, 0.15) is 18.6 Å². The first-order valence-electron chi connectivity index (χ1n) is 11.5. The first-order valence-corrected chi connectivity index (χ1v) is 13.3. The van der Waals surface area contributed by atoms with E-state index in [1.165, 1.54) is 0 Å². The molecule has 0 bridgehead atoms. The predicted octanol–water partition coefficient (Wildman–Crippen LogP) is 3.88. The van der Waals surface area contributed by atoms with Crippen molar-refractivity contribution in [1.82, 2.24) is 25.1 Å². The van der Waals surface area contributed by atoms with Crippen LogP contribution in [0.15, 0.2) is 61.1 Å². The van der Waals surface area contributed by atoms with E-state index in [4.69, 9.17) is 4.74 Å². The maximum absolute atomic E-state index is 11.7. The Kier molecular flexibility index (Phi) is 5.18. The predicted molar refractivity (Wildman–Crippen MR) is 135 cm³/mol. The SMILES string of the molecule is CC(Oc1ccc2[nH]nc(-c3ccc(N4CCS(=O)(=O)CC4)nc3)c2c1)c1ccnc2[nH]ccc12. The van der Waals surface area contributed by atoms with Crippen LogP contribution in [0.3, 0.4) is 0 Å². The monoisotopic (exact) mass is 488 g/mol. The van der Waals surface area contributed by atoms with Crippen molar-refractivity contribution in [2.24, 2.45) is 0 Å². The molecule has 178 valence electrons. The van der Waals surface area contributed by atoms with Crippen molar-refractivity contribution >= 4 is 37.6 Å². The van der Waals surface area contributed by atoms with Crippen LogP contribution in [0.2, 0.25) is 0 Å². The van der Waals surface area contributed by atoms with Crippen molar-refractivity contribution in [2.45, 2.75) is 13.0 Å². The molecule has 1 atom stereocenters. The molecule has 0 amide bonds. The third-order valence-corrected chi connectivity index (χ3v) is 8.08. The lowest BCUT2D eigenvalue weighted by atomic mass is 10.1. The molecule has 0 spiro atoms. The van der Waals surface area contributed by atoms with E-state index in [1.54, 1.807) is 12.4 Å². The Morgan fingerprint density at radius 1 is 1.03 bits per heavy atom. The lowest BCUT2D eigenvalue weighted by molar-refractivity contribution is 0.229. The topological polar surface area (TPSA) is 117 Å². The molecule has 9 nitrogen and oxygen atoms in total. The number of nitrogens with zero attached hydrogens (tertiary/aromatic N) is 4. The van der Waals surface area contributed by atoms with Crippen molar-refractivity contribution < 1.29 is 13.2 Å². The van der Waals surface area contributed by atoms with E-state index in [0.717, 1.165) is 50.3 Å². The minimum Gasteiger partial charge on any atom is -0.486 e. The van der Waals surface area contributed by atoms with Gasteiger partial charge in [0, 0.05) is 53.6 Å². The number of aromatic amines is 2. The fraction of sp³-hybridized carbons (Fsp3) is 0.240. The van der Waals surface area contributed by atoms with Crippen LogP contribution in [0.4, 0.5) is 5.82 Å². The van der Waals surface area contributed by atoms with Gasteiger partial charge in [-0.2, -0.15) is 5.10 Å². The number of rotatable bonds is 5. The zero-order valence-corrected chi connectivity index (χ0v) is 19.9. The van der Waals surface area contributed by atoms with Crippen LogP contribution in [0.25, 0.3) is 33.2 Å². The van der Waals surface area contributed by atoms with E-state index in [2.05, 4.69) is 25.1 Å². The minimum atomic E-state index is -2.93. The summed E-state index contributed by atoms with van der Waals surface area (Å²) in [4.78, 5) is 14.1. The zero-order valence-electron chi connectivity index (χ0n) is 19.1. The van der Waals surface area contributed by atoms with Gasteiger partial charge < -0.3 is 14.6 Å². The Hall–Kier alpha value is -3.92. The minimum absolute atomic E-state index is 0.163. The molecule has 0 saturated carbocycles. The molecule has 1 aliphatic heterocycles. The molecule has 4 aromatic heterocycles. The van der Waals surface area contributed by atoms with Gasteiger partial charge in [0.2, 0.25) is 0 Å². The molecule has 1 fully saturated rings. The van der Waals surface area contributed by atoms with Crippen LogP contribution in [0.5, 0.6) is 5.75 Å². The van der Waals surface area contributed by atoms with Gasteiger partial charge in [-0.1, -0.05) is 0 Å². The van der Waals surface area contributed by atoms with Crippen LogP contribution >= 0.6 is 0 Å². The molecule has 2 N–H and O–H groups in total. The molecule has 5 heterocycles. The second kappa shape index (κ2) is 8.38. The Balaban J connectivity index is 1.25. The molecule has 10 heteroatoms. The number of anilines is 1. The number of hydrogen-bond acceptors (Lipinski definition) is 7. The third kappa shape index (κ3) is 4.10. The number of benzene rings is 1. The van der Waals surface area contributed by atoms with Gasteiger partial charge in [-0.25, -0.2) is 18.4 Å². The van der Waals surface area contributed by atoms with Gasteiger partial charge in [0.1, 0.15) is 29.0 Å². The summed E-state index contributed by atoms with van der Waals surface area (Å²) in [6, 6.07) is 13.8. The summed E-state index contributed by atoms with van der Waals surface area (Å²) in [6.07, 6.45) is 5.28. The number of aromatic nitrogens is 5. The second-order valence-corrected chi connectivity index (χ2v) is 11.0. The quantitative estimate of drug-likeness (QED) is 0.386. The molecule has 1 aliphatic rings. The molecule has 0 radical (unpaired) electrons. The maximum atomic E-state index is 11.7. The number of sulfone groups is 1. The van der Waals surface area contributed by atoms with Gasteiger partial charge in [-0.15, -0.1) is 0 Å². The molecule has 35 heavy (non-hydrogen) atoms. The Labute approximate surface area is 202 Å². The fourth-order valence-electron chi connectivity index (χ4n) is 4.55. The second-order valence-electron chi connectivity index (χ2n) is 8.72. The van der Waals surface area contributed by atoms with Crippen molar-refractivity contribution in [3.8, 4) is 17.0 Å². The van der Waals surface area contributed by atoms with Crippen LogP contribution < -0.4 is 9.64 Å². The Morgan fingerprint density at radius 2 is 1.89 bits per heavy atom. The molecular weight excluding hydrogens is 464 g/mol. The summed E-state index contributed by atoms with van der Waals surface area (Å²) in [5.41, 5.74) is 4.47. The number of H-pyrrole nitrogens is 2. The fourth-order valence-corrected chi connectivity index (χ4v) is 5.75. The smallest absolute Gasteiger partial charge is 0.153 e. The van der Waals surface area contributed by atoms with Crippen molar-refractivity contribution in [2.75, 3.05) is 29.5 Å². The summed E-state index contributed by atoms with van der Waals surface area (Å²) in [5, 5.41) is 9.58. The number of hydrogen-bond donors (Lipinski definition) is 2. The van der Waals surface area contributed by atoms with E-state index in [1.807, 2.05) is 60.5 Å². The number of pyridine rings is 2. The maximum Gasteiger partial charge on any atom is 0.153 e. The third-order valence-electron chi connectivity index (χ3n) is 6.47. The van der Waals surface area contributed by atoms with Crippen molar-refractivity contribution in [1.29, 1.82) is 0 Å². The highest BCUT2D eigenvalue weighted by Crippen LogP contribution is 2.32. The largest absolute Gasteiger partial charge is 0.486 e. The molecule has 1 aromatic carbocycles. The van der Waals surface area contributed by atoms with E-state index in [-0.39, 0.29) is 17.6 Å². The van der Waals surface area contributed by atoms with Gasteiger partial charge in [0.05, 0.1) is 17.0 Å². The Morgan fingerprint density at radius 3 is 2.69 bits per heavy atom. The number of nitrogens with one attached hydrogen (secondary N) is 2. The summed E-state index contributed by atoms with van der Waals surface area (Å²) >= 11 is 0. The van der Waals surface area contributed by atoms with E-state index < -0.39 is 9.84 Å². The summed E-state index contributed by atoms with van der Waals surface area (Å²) in [7, 11) is -2.93. The Bertz CT molecular complexity index is 1610. The normalized spacial score (nSPS) is 16.5. The summed E-state index contributed by atoms with van der Waals surface area (Å²) < 4.78 is 29.7. The van der Waals surface area contributed by atoms with Gasteiger partial charge in [0.15, 0.2) is 9.84 Å². The average Bonchev–Trinajstić information content (AvgIpc) is 3.51. The molecular formula is C25H24N6O3S. The lowest BCUT2D eigenvalue weighted by Crippen LogP contribution is -2.40. The van der Waals surface area contributed by atoms with E-state index >= 15 is 0 Å². The molecule has 1 saturated heterocycles. The zero-order chi connectivity index (χ0) is 24.0. The first-order chi connectivity index (χ1) is 17.0. The molecule has 5 aromatic rings. The van der Waals surface area contributed by atoms with Crippen molar-refractivity contribution in [3.63, 3.8) is 0 Å². The van der Waals surface area contributed by atoms with Crippen LogP contribution in [0, 0.1) is 0 Å². The van der Waals surface area contributed by atoms with E-state index in [0.29, 0.717) is 13.1 Å². The highest BCUT2D eigenvalue weighted by atomic mass is 32.2. The van der Waals surface area contributed by atoms with Crippen LogP contribution in [-0.4, -0.2) is 58.2 Å². The van der Waals surface area contributed by atoms with Gasteiger partial charge in [0.25, 0.3) is 0 Å². The van der Waals surface area contributed by atoms with E-state index in [9.17, 15) is 8.42 Å². The number of fused-ring (bicyclic) bond motifs is 2. The summed E-state index contributed by atoms with van der Waals surface area (Å²) in [6.45, 7) is 2.95. The highest BCUT2D eigenvalue weighted by Gasteiger charge is 2.22. The summed E-state index contributed by atoms with van der Waals surface area (Å²) in [5.74, 6) is 1.84. The standard InChI is InChI=1S/C25H24N6O3S/c1-16(19-6-8-26-25-20(19)7-9-27-25)34-18-3-4-22-21(14-18)24(30-29-22)17-2-5-23(28-15-17)31-10-12-35(32,33)13-11-31/h2-9,14-16H,10-13H2,1H3,(H,26,27)(H,29,30). The van der Waals surface area contributed by atoms with Gasteiger partial charge in [-0.05, 0) is 49.4 Å². The van der Waals surface area contributed by atoms with Gasteiger partial charge in [-0.3, -0.25) is 5.10 Å². The van der Waals surface area contributed by atoms with Gasteiger partial charge >= 0.3 is 0 Å². The molecule has 0 aliphatic carbocycles. The van der Waals surface area contributed by atoms with Crippen LogP contribution in [-0.2, 0) is 9.84 Å². The molecule has 6 rings (SSSR count). The lowest BCUT2D eigenvalue weighted by Gasteiger charge is -2.27. The highest BCUT2D eigenvalue weighted by molar-refractivity contribution is 7.91. The number of ether oxygens (including phenoxy) is 1. The first kappa shape index (κ1) is 21.6. The van der Waals surface area contributed by atoms with Crippen molar-refractivity contribution in [3.05, 3.63) is 66.6 Å².